The topological polar surface area (TPSA) is 43.6 Å². The van der Waals surface area contributed by atoms with Crippen LogP contribution >= 0.6 is 11.3 Å². The van der Waals surface area contributed by atoms with Crippen molar-refractivity contribution in [2.24, 2.45) is 0 Å². The summed E-state index contributed by atoms with van der Waals surface area (Å²) in [5.74, 6) is 0.0248. The zero-order valence-electron chi connectivity index (χ0n) is 10.8. The summed E-state index contributed by atoms with van der Waals surface area (Å²) in [6.07, 6.45) is -3.13. The number of hydrogen-bond donors (Lipinski definition) is 0. The van der Waals surface area contributed by atoms with Crippen molar-refractivity contribution < 1.29 is 13.2 Å². The van der Waals surface area contributed by atoms with Crippen molar-refractivity contribution in [3.8, 4) is 16.4 Å². The van der Waals surface area contributed by atoms with E-state index in [0.717, 1.165) is 17.0 Å². The lowest BCUT2D eigenvalue weighted by Crippen LogP contribution is -2.07. The molecular weight excluding hydrogens is 301 g/mol. The second kappa shape index (κ2) is 4.96. The predicted molar refractivity (Wildman–Crippen MR) is 72.2 cm³/mol. The van der Waals surface area contributed by atoms with Crippen molar-refractivity contribution >= 4 is 11.3 Å². The van der Waals surface area contributed by atoms with E-state index in [2.05, 4.69) is 15.1 Å². The van der Waals surface area contributed by atoms with E-state index in [1.807, 2.05) is 18.2 Å². The summed E-state index contributed by atoms with van der Waals surface area (Å²) in [7, 11) is 0. The van der Waals surface area contributed by atoms with Crippen LogP contribution in [0, 0.1) is 6.92 Å². The number of nitrogens with zero attached hydrogens (tertiary/aromatic N) is 4. The van der Waals surface area contributed by atoms with Gasteiger partial charge in [0.2, 0.25) is 0 Å². The van der Waals surface area contributed by atoms with Gasteiger partial charge in [0, 0.05) is 0 Å². The molecule has 108 valence electrons. The highest BCUT2D eigenvalue weighted by Crippen LogP contribution is 2.38. The summed E-state index contributed by atoms with van der Waals surface area (Å²) in [6, 6.07) is 9.06. The van der Waals surface area contributed by atoms with Gasteiger partial charge in [0.1, 0.15) is 11.2 Å². The van der Waals surface area contributed by atoms with E-state index in [1.165, 1.54) is 17.9 Å². The number of para-hydroxylation sites is 1. The molecule has 0 saturated heterocycles. The van der Waals surface area contributed by atoms with Gasteiger partial charge in [-0.05, 0) is 19.1 Å². The van der Waals surface area contributed by atoms with Crippen LogP contribution in [-0.2, 0) is 6.18 Å². The van der Waals surface area contributed by atoms with Crippen LogP contribution in [-0.4, -0.2) is 19.7 Å². The van der Waals surface area contributed by atoms with Gasteiger partial charge in [0.25, 0.3) is 0 Å². The van der Waals surface area contributed by atoms with Crippen LogP contribution in [0.4, 0.5) is 13.2 Å². The van der Waals surface area contributed by atoms with E-state index in [9.17, 15) is 13.2 Å². The summed E-state index contributed by atoms with van der Waals surface area (Å²) < 4.78 is 40.3. The Labute approximate surface area is 121 Å². The Kier molecular flexibility index (Phi) is 3.25. The normalized spacial score (nSPS) is 11.8. The Morgan fingerprint density at radius 3 is 2.52 bits per heavy atom. The smallest absolute Gasteiger partial charge is 0.236 e. The van der Waals surface area contributed by atoms with Crippen molar-refractivity contribution in [1.29, 1.82) is 0 Å². The second-order valence-corrected chi connectivity index (χ2v) is 5.46. The molecule has 0 aliphatic rings. The highest BCUT2D eigenvalue weighted by atomic mass is 32.1. The highest BCUT2D eigenvalue weighted by Gasteiger charge is 2.38. The van der Waals surface area contributed by atoms with Gasteiger partial charge < -0.3 is 0 Å². The monoisotopic (exact) mass is 310 g/mol. The van der Waals surface area contributed by atoms with E-state index in [0.29, 0.717) is 5.01 Å². The quantitative estimate of drug-likeness (QED) is 0.724. The summed E-state index contributed by atoms with van der Waals surface area (Å²) in [4.78, 5) is 7.46. The Morgan fingerprint density at radius 2 is 1.86 bits per heavy atom. The third kappa shape index (κ3) is 2.66. The van der Waals surface area contributed by atoms with Gasteiger partial charge in [0.15, 0.2) is 11.5 Å². The molecule has 0 aliphatic heterocycles. The zero-order chi connectivity index (χ0) is 15.0. The number of hydrogen-bond acceptors (Lipinski definition) is 4. The number of halogens is 3. The van der Waals surface area contributed by atoms with Crippen molar-refractivity contribution in [3.05, 3.63) is 47.4 Å². The maximum Gasteiger partial charge on any atom is 0.434 e. The first-order chi connectivity index (χ1) is 9.95. The molecule has 3 rings (SSSR count). The van der Waals surface area contributed by atoms with Gasteiger partial charge in [-0.25, -0.2) is 14.6 Å². The third-order valence-corrected chi connectivity index (χ3v) is 3.69. The minimum absolute atomic E-state index is 0.0248. The van der Waals surface area contributed by atoms with Crippen LogP contribution in [0.5, 0.6) is 0 Å². The van der Waals surface area contributed by atoms with E-state index in [4.69, 9.17) is 0 Å². The maximum absolute atomic E-state index is 13.0. The van der Waals surface area contributed by atoms with Crippen molar-refractivity contribution in [2.75, 3.05) is 0 Å². The molecule has 0 bridgehead atoms. The predicted octanol–water partition coefficient (Wildman–Crippen LogP) is 3.72. The summed E-state index contributed by atoms with van der Waals surface area (Å²) in [5.41, 5.74) is -0.207. The molecule has 4 nitrogen and oxygen atoms in total. The Hall–Kier alpha value is -2.22. The lowest BCUT2D eigenvalue weighted by molar-refractivity contribution is -0.140. The van der Waals surface area contributed by atoms with Gasteiger partial charge in [-0.2, -0.15) is 13.2 Å². The van der Waals surface area contributed by atoms with Crippen molar-refractivity contribution in [1.82, 2.24) is 19.7 Å². The molecule has 0 unspecified atom stereocenters. The highest BCUT2D eigenvalue weighted by molar-refractivity contribution is 7.15. The fourth-order valence-corrected chi connectivity index (χ4v) is 2.72. The minimum atomic E-state index is -4.52. The molecule has 1 aromatic carbocycles. The van der Waals surface area contributed by atoms with Gasteiger partial charge in [-0.15, -0.1) is 16.4 Å². The largest absolute Gasteiger partial charge is 0.434 e. The molecule has 0 saturated carbocycles. The number of aryl methyl sites for hydroxylation is 1. The van der Waals surface area contributed by atoms with Crippen LogP contribution < -0.4 is 0 Å². The molecule has 21 heavy (non-hydrogen) atoms. The third-order valence-electron chi connectivity index (χ3n) is 2.72. The summed E-state index contributed by atoms with van der Waals surface area (Å²) in [6.45, 7) is 1.53. The first kappa shape index (κ1) is 13.7. The molecule has 0 radical (unpaired) electrons. The second-order valence-electron chi connectivity index (χ2n) is 4.26. The molecule has 0 spiro atoms. The zero-order valence-corrected chi connectivity index (χ0v) is 11.6. The number of alkyl halides is 3. The molecule has 3 aromatic rings. The van der Waals surface area contributed by atoms with E-state index in [-0.39, 0.29) is 10.7 Å². The number of rotatable bonds is 2. The Balaban J connectivity index is 2.05. The average molecular weight is 310 g/mol. The van der Waals surface area contributed by atoms with Gasteiger partial charge in [-0.1, -0.05) is 18.2 Å². The maximum atomic E-state index is 13.0. The summed E-state index contributed by atoms with van der Waals surface area (Å²) in [5, 5.41) is 4.44. The lowest BCUT2D eigenvalue weighted by atomic mass is 10.3. The average Bonchev–Trinajstić information content (AvgIpc) is 3.05. The first-order valence-electron chi connectivity index (χ1n) is 5.97. The number of aromatic nitrogens is 4. The molecule has 0 fully saturated rings. The molecule has 0 N–H and O–H groups in total. The molecule has 0 amide bonds. The molecule has 2 heterocycles. The van der Waals surface area contributed by atoms with Crippen LogP contribution in [0.1, 0.15) is 10.7 Å². The molecule has 2 aromatic heterocycles. The van der Waals surface area contributed by atoms with Crippen molar-refractivity contribution in [2.45, 2.75) is 13.1 Å². The van der Waals surface area contributed by atoms with Gasteiger partial charge >= 0.3 is 6.18 Å². The van der Waals surface area contributed by atoms with Gasteiger partial charge in [0.05, 0.1) is 10.7 Å². The fourth-order valence-electron chi connectivity index (χ4n) is 1.84. The Morgan fingerprint density at radius 1 is 1.14 bits per heavy atom. The van der Waals surface area contributed by atoms with E-state index in [1.54, 1.807) is 12.1 Å². The molecule has 0 atom stereocenters. The molecule has 8 heteroatoms. The first-order valence-corrected chi connectivity index (χ1v) is 6.79. The SMILES string of the molecule is Cc1nc(C(F)(F)F)c(-c2ncn(-c3ccccc3)n2)s1. The lowest BCUT2D eigenvalue weighted by Gasteiger charge is -2.03. The van der Waals surface area contributed by atoms with Gasteiger partial charge in [-0.3, -0.25) is 0 Å². The number of benzene rings is 1. The minimum Gasteiger partial charge on any atom is -0.236 e. The number of thiazole rings is 1. The van der Waals surface area contributed by atoms with Crippen LogP contribution in [0.25, 0.3) is 16.4 Å². The standard InChI is InChI=1S/C13H9F3N4S/c1-8-18-11(13(14,15)16)10(21-8)12-17-7-20(19-12)9-5-3-2-4-6-9/h2-7H,1H3. The summed E-state index contributed by atoms with van der Waals surface area (Å²) >= 11 is 0.933. The van der Waals surface area contributed by atoms with Crippen LogP contribution in [0.15, 0.2) is 36.7 Å². The van der Waals surface area contributed by atoms with Crippen molar-refractivity contribution in [3.63, 3.8) is 0 Å². The van der Waals surface area contributed by atoms with E-state index >= 15 is 0 Å². The van der Waals surface area contributed by atoms with Crippen LogP contribution in [0.3, 0.4) is 0 Å². The molecular formula is C13H9F3N4S. The molecule has 0 aliphatic carbocycles. The Bertz CT molecular complexity index is 761. The fraction of sp³-hybridized carbons (Fsp3) is 0.154. The van der Waals surface area contributed by atoms with E-state index < -0.39 is 11.9 Å². The van der Waals surface area contributed by atoms with Crippen LogP contribution in [0.2, 0.25) is 0 Å².